The maximum atomic E-state index is 12.2. The molecule has 2 rings (SSSR count). The number of rotatable bonds is 7. The van der Waals surface area contributed by atoms with Crippen LogP contribution in [-0.4, -0.2) is 33.3 Å². The average molecular weight is 299 g/mol. The molecular weight excluding hydrogens is 278 g/mol. The van der Waals surface area contributed by atoms with E-state index in [2.05, 4.69) is 5.32 Å². The van der Waals surface area contributed by atoms with Gasteiger partial charge in [0.1, 0.15) is 5.75 Å². The van der Waals surface area contributed by atoms with E-state index >= 15 is 0 Å². The first kappa shape index (κ1) is 16.0. The summed E-state index contributed by atoms with van der Waals surface area (Å²) in [7, 11) is 3.28. The second-order valence-electron chi connectivity index (χ2n) is 4.88. The lowest BCUT2D eigenvalue weighted by Gasteiger charge is -2.11. The highest BCUT2D eigenvalue weighted by atomic mass is 16.5. The molecule has 0 fully saturated rings. The Morgan fingerprint density at radius 2 is 1.86 bits per heavy atom. The molecule has 0 unspecified atom stereocenters. The second-order valence-corrected chi connectivity index (χ2v) is 4.88. The zero-order valence-electron chi connectivity index (χ0n) is 13.0. The fourth-order valence-electron chi connectivity index (χ4n) is 2.21. The van der Waals surface area contributed by atoms with Gasteiger partial charge in [-0.15, -0.1) is 0 Å². The van der Waals surface area contributed by atoms with Crippen LogP contribution < -0.4 is 10.1 Å². The van der Waals surface area contributed by atoms with Gasteiger partial charge in [-0.25, -0.2) is 0 Å². The van der Waals surface area contributed by atoms with E-state index in [4.69, 9.17) is 9.47 Å². The Bertz CT molecular complexity index is 611. The highest BCUT2D eigenvalue weighted by Gasteiger charge is 2.11. The number of nitrogens with one attached hydrogen (secondary N) is 1. The number of hydrogen-bond donors (Lipinski definition) is 1. The van der Waals surface area contributed by atoms with Crippen LogP contribution in [0.1, 0.15) is 16.8 Å². The molecule has 0 atom stereocenters. The van der Waals surface area contributed by atoms with Gasteiger partial charge in [0.05, 0.1) is 7.11 Å². The van der Waals surface area contributed by atoms with Gasteiger partial charge in [0.15, 0.2) is 0 Å². The summed E-state index contributed by atoms with van der Waals surface area (Å²) < 4.78 is 10.4. The monoisotopic (exact) mass is 299 g/mol. The summed E-state index contributed by atoms with van der Waals surface area (Å²) >= 11 is 0. The molecular formula is C18H21NO3. The van der Waals surface area contributed by atoms with Crippen molar-refractivity contribution in [2.45, 2.75) is 6.42 Å². The topological polar surface area (TPSA) is 47.6 Å². The quantitative estimate of drug-likeness (QED) is 0.799. The first-order valence-electron chi connectivity index (χ1n) is 7.27. The minimum Gasteiger partial charge on any atom is -0.496 e. The summed E-state index contributed by atoms with van der Waals surface area (Å²) in [6.07, 6.45) is 0.796. The van der Waals surface area contributed by atoms with E-state index in [0.29, 0.717) is 18.7 Å². The van der Waals surface area contributed by atoms with Crippen molar-refractivity contribution in [3.05, 3.63) is 54.1 Å². The molecule has 0 spiro atoms. The van der Waals surface area contributed by atoms with Crippen molar-refractivity contribution in [3.8, 4) is 16.9 Å². The first-order chi connectivity index (χ1) is 10.8. The largest absolute Gasteiger partial charge is 0.496 e. The lowest BCUT2D eigenvalue weighted by molar-refractivity contribution is 0.0948. The Balaban J connectivity index is 2.18. The van der Waals surface area contributed by atoms with E-state index in [0.717, 1.165) is 23.3 Å². The molecule has 116 valence electrons. The van der Waals surface area contributed by atoms with Crippen LogP contribution in [0.25, 0.3) is 11.1 Å². The molecule has 0 aliphatic carbocycles. The van der Waals surface area contributed by atoms with Crippen LogP contribution in [-0.2, 0) is 4.74 Å². The summed E-state index contributed by atoms with van der Waals surface area (Å²) in [5.41, 5.74) is 2.55. The molecule has 2 aromatic rings. The van der Waals surface area contributed by atoms with Crippen LogP contribution in [0, 0.1) is 0 Å². The van der Waals surface area contributed by atoms with Crippen molar-refractivity contribution in [2.75, 3.05) is 27.4 Å². The summed E-state index contributed by atoms with van der Waals surface area (Å²) in [6.45, 7) is 1.23. The van der Waals surface area contributed by atoms with Crippen LogP contribution in [0.2, 0.25) is 0 Å². The minimum atomic E-state index is -0.0871. The maximum absolute atomic E-state index is 12.2. The Labute approximate surface area is 131 Å². The molecule has 4 heteroatoms. The molecule has 0 aromatic heterocycles. The maximum Gasteiger partial charge on any atom is 0.251 e. The summed E-state index contributed by atoms with van der Waals surface area (Å²) in [4.78, 5) is 12.2. The smallest absolute Gasteiger partial charge is 0.251 e. The highest BCUT2D eigenvalue weighted by molar-refractivity contribution is 5.96. The van der Waals surface area contributed by atoms with Gasteiger partial charge in [0.25, 0.3) is 5.91 Å². The van der Waals surface area contributed by atoms with Crippen molar-refractivity contribution in [3.63, 3.8) is 0 Å². The van der Waals surface area contributed by atoms with Gasteiger partial charge in [0.2, 0.25) is 0 Å². The van der Waals surface area contributed by atoms with Gasteiger partial charge < -0.3 is 14.8 Å². The van der Waals surface area contributed by atoms with E-state index in [1.54, 1.807) is 20.3 Å². The van der Waals surface area contributed by atoms with E-state index in [-0.39, 0.29) is 5.91 Å². The number of carbonyl (C=O) groups is 1. The van der Waals surface area contributed by atoms with Crippen molar-refractivity contribution in [1.29, 1.82) is 0 Å². The third kappa shape index (κ3) is 4.09. The molecule has 2 aromatic carbocycles. The number of amides is 1. The second kappa shape index (κ2) is 8.20. The molecule has 0 radical (unpaired) electrons. The van der Waals surface area contributed by atoms with Crippen molar-refractivity contribution >= 4 is 5.91 Å². The van der Waals surface area contributed by atoms with Crippen molar-refractivity contribution in [2.24, 2.45) is 0 Å². The van der Waals surface area contributed by atoms with E-state index in [1.807, 2.05) is 42.5 Å². The fraction of sp³-hybridized carbons (Fsp3) is 0.278. The van der Waals surface area contributed by atoms with Crippen LogP contribution in [0.3, 0.4) is 0 Å². The zero-order chi connectivity index (χ0) is 15.8. The Hall–Kier alpha value is -2.33. The fourth-order valence-corrected chi connectivity index (χ4v) is 2.21. The van der Waals surface area contributed by atoms with Crippen LogP contribution >= 0.6 is 0 Å². The average Bonchev–Trinajstić information content (AvgIpc) is 2.58. The van der Waals surface area contributed by atoms with Gasteiger partial charge in [-0.05, 0) is 30.2 Å². The van der Waals surface area contributed by atoms with Gasteiger partial charge in [-0.2, -0.15) is 0 Å². The molecule has 0 heterocycles. The van der Waals surface area contributed by atoms with Gasteiger partial charge >= 0.3 is 0 Å². The summed E-state index contributed by atoms with van der Waals surface area (Å²) in [5, 5.41) is 2.89. The normalized spacial score (nSPS) is 10.3. The standard InChI is InChI=1S/C18H21NO3/c1-21-12-6-11-19-18(20)15-9-10-17(22-2)16(13-15)14-7-4-3-5-8-14/h3-5,7-10,13H,6,11-12H2,1-2H3,(H,19,20). The first-order valence-corrected chi connectivity index (χ1v) is 7.27. The number of methoxy groups -OCH3 is 2. The third-order valence-corrected chi connectivity index (χ3v) is 3.36. The van der Waals surface area contributed by atoms with E-state index < -0.39 is 0 Å². The predicted molar refractivity (Wildman–Crippen MR) is 87.3 cm³/mol. The molecule has 4 nitrogen and oxygen atoms in total. The van der Waals surface area contributed by atoms with E-state index in [1.165, 1.54) is 0 Å². The predicted octanol–water partition coefficient (Wildman–Crippen LogP) is 3.13. The number of carbonyl (C=O) groups excluding carboxylic acids is 1. The molecule has 1 N–H and O–H groups in total. The molecule has 0 saturated heterocycles. The molecule has 0 bridgehead atoms. The SMILES string of the molecule is COCCCNC(=O)c1ccc(OC)c(-c2ccccc2)c1. The van der Waals surface area contributed by atoms with Gasteiger partial charge in [-0.1, -0.05) is 30.3 Å². The summed E-state index contributed by atoms with van der Waals surface area (Å²) in [6, 6.07) is 15.3. The van der Waals surface area contributed by atoms with Crippen molar-refractivity contribution < 1.29 is 14.3 Å². The Morgan fingerprint density at radius 1 is 1.09 bits per heavy atom. The number of ether oxygens (including phenoxy) is 2. The van der Waals surface area contributed by atoms with Crippen molar-refractivity contribution in [1.82, 2.24) is 5.32 Å². The molecule has 0 aliphatic heterocycles. The lowest BCUT2D eigenvalue weighted by atomic mass is 10.0. The van der Waals surface area contributed by atoms with Crippen LogP contribution in [0.4, 0.5) is 0 Å². The molecule has 1 amide bonds. The molecule has 0 saturated carbocycles. The highest BCUT2D eigenvalue weighted by Crippen LogP contribution is 2.30. The minimum absolute atomic E-state index is 0.0871. The van der Waals surface area contributed by atoms with Gasteiger partial charge in [0, 0.05) is 31.4 Å². The number of hydrogen-bond acceptors (Lipinski definition) is 3. The third-order valence-electron chi connectivity index (χ3n) is 3.36. The summed E-state index contributed by atoms with van der Waals surface area (Å²) in [5.74, 6) is 0.665. The zero-order valence-corrected chi connectivity index (χ0v) is 13.0. The lowest BCUT2D eigenvalue weighted by Crippen LogP contribution is -2.25. The molecule has 0 aliphatic rings. The Kier molecular flexibility index (Phi) is 5.98. The molecule has 22 heavy (non-hydrogen) atoms. The number of benzene rings is 2. The van der Waals surface area contributed by atoms with Gasteiger partial charge in [-0.3, -0.25) is 4.79 Å². The van der Waals surface area contributed by atoms with Crippen LogP contribution in [0.5, 0.6) is 5.75 Å². The van der Waals surface area contributed by atoms with Crippen LogP contribution in [0.15, 0.2) is 48.5 Å². The Morgan fingerprint density at radius 3 is 2.55 bits per heavy atom. The van der Waals surface area contributed by atoms with E-state index in [9.17, 15) is 4.79 Å².